The zero-order valence-electron chi connectivity index (χ0n) is 11.3. The van der Waals surface area contributed by atoms with Gasteiger partial charge >= 0.3 is 5.97 Å². The van der Waals surface area contributed by atoms with Gasteiger partial charge in [-0.2, -0.15) is 0 Å². The second-order valence-corrected chi connectivity index (χ2v) is 5.94. The molecule has 2 rings (SSSR count). The molecule has 5 nitrogen and oxygen atoms in total. The molecule has 106 valence electrons. The van der Waals surface area contributed by atoms with Crippen LogP contribution in [0.5, 0.6) is 0 Å². The fraction of sp³-hybridized carbons (Fsp3) is 0.692. The molecule has 0 bridgehead atoms. The van der Waals surface area contributed by atoms with Crippen LogP contribution in [0.25, 0.3) is 0 Å². The van der Waals surface area contributed by atoms with Gasteiger partial charge in [0.25, 0.3) is 0 Å². The highest BCUT2D eigenvalue weighted by molar-refractivity contribution is 7.09. The molecule has 1 unspecified atom stereocenters. The first-order valence-corrected chi connectivity index (χ1v) is 7.62. The number of hydrogen-bond donors (Lipinski definition) is 2. The Morgan fingerprint density at radius 2 is 2.42 bits per heavy atom. The van der Waals surface area contributed by atoms with E-state index in [1.165, 1.54) is 6.42 Å². The van der Waals surface area contributed by atoms with Crippen molar-refractivity contribution < 1.29 is 9.90 Å². The number of nitrogens with zero attached hydrogens (tertiary/aromatic N) is 2. The van der Waals surface area contributed by atoms with E-state index < -0.39 is 5.97 Å². The Bertz CT molecular complexity index is 414. The molecule has 19 heavy (non-hydrogen) atoms. The van der Waals surface area contributed by atoms with Crippen molar-refractivity contribution in [1.29, 1.82) is 0 Å². The first-order chi connectivity index (χ1) is 9.15. The summed E-state index contributed by atoms with van der Waals surface area (Å²) in [6.45, 7) is 7.53. The number of carboxylic acids is 1. The topological polar surface area (TPSA) is 65.5 Å². The highest BCUT2D eigenvalue weighted by Gasteiger charge is 2.16. The minimum atomic E-state index is -0.817. The minimum absolute atomic E-state index is 0.0247. The number of thiazole rings is 1. The fourth-order valence-corrected chi connectivity index (χ4v) is 3.20. The van der Waals surface area contributed by atoms with E-state index in [0.717, 1.165) is 37.7 Å². The van der Waals surface area contributed by atoms with Crippen LogP contribution in [-0.2, 0) is 11.2 Å². The van der Waals surface area contributed by atoms with Gasteiger partial charge < -0.3 is 15.3 Å². The molecule has 1 atom stereocenters. The molecule has 2 N–H and O–H groups in total. The van der Waals surface area contributed by atoms with Crippen molar-refractivity contribution in [2.45, 2.75) is 25.7 Å². The van der Waals surface area contributed by atoms with E-state index in [9.17, 15) is 4.79 Å². The Kier molecular flexibility index (Phi) is 5.30. The summed E-state index contributed by atoms with van der Waals surface area (Å²) in [5, 5.41) is 15.1. The molecule has 6 heteroatoms. The van der Waals surface area contributed by atoms with Crippen LogP contribution in [0.2, 0.25) is 0 Å². The SMILES string of the molecule is CC(CN1CCCNCC1)c1nc(CC(=O)O)cs1. The fourth-order valence-electron chi connectivity index (χ4n) is 2.33. The number of rotatable bonds is 5. The second kappa shape index (κ2) is 6.98. The first kappa shape index (κ1) is 14.4. The van der Waals surface area contributed by atoms with Gasteiger partial charge in [-0.05, 0) is 19.5 Å². The Labute approximate surface area is 117 Å². The number of carboxylic acid groups (broad SMARTS) is 1. The van der Waals surface area contributed by atoms with Gasteiger partial charge in [0, 0.05) is 30.9 Å². The molecule has 1 saturated heterocycles. The second-order valence-electron chi connectivity index (χ2n) is 5.05. The van der Waals surface area contributed by atoms with E-state index in [4.69, 9.17) is 5.11 Å². The summed E-state index contributed by atoms with van der Waals surface area (Å²) in [5.74, 6) is -0.450. The third kappa shape index (κ3) is 4.56. The number of aromatic nitrogens is 1. The van der Waals surface area contributed by atoms with Crippen LogP contribution >= 0.6 is 11.3 Å². The Morgan fingerprint density at radius 3 is 3.21 bits per heavy atom. The van der Waals surface area contributed by atoms with Crippen molar-refractivity contribution in [2.75, 3.05) is 32.7 Å². The highest BCUT2D eigenvalue weighted by atomic mass is 32.1. The standard InChI is InChI=1S/C13H21N3O2S/c1-10(8-16-5-2-3-14-4-6-16)13-15-11(9-19-13)7-12(17)18/h9-10,14H,2-8H2,1H3,(H,17,18). The summed E-state index contributed by atoms with van der Waals surface area (Å²) in [4.78, 5) is 17.5. The van der Waals surface area contributed by atoms with Crippen molar-refractivity contribution in [3.05, 3.63) is 16.1 Å². The number of hydrogen-bond acceptors (Lipinski definition) is 5. The lowest BCUT2D eigenvalue weighted by atomic mass is 10.1. The average Bonchev–Trinajstić information content (AvgIpc) is 2.66. The van der Waals surface area contributed by atoms with Crippen molar-refractivity contribution in [3.8, 4) is 0 Å². The van der Waals surface area contributed by atoms with Crippen LogP contribution in [0, 0.1) is 0 Å². The van der Waals surface area contributed by atoms with Crippen LogP contribution in [0.4, 0.5) is 0 Å². The van der Waals surface area contributed by atoms with Crippen LogP contribution in [0.15, 0.2) is 5.38 Å². The predicted octanol–water partition coefficient (Wildman–Crippen LogP) is 1.17. The van der Waals surface area contributed by atoms with E-state index in [0.29, 0.717) is 11.6 Å². The molecule has 2 heterocycles. The molecule has 1 aromatic heterocycles. The van der Waals surface area contributed by atoms with Crippen molar-refractivity contribution in [2.24, 2.45) is 0 Å². The zero-order chi connectivity index (χ0) is 13.7. The Balaban J connectivity index is 1.89. The number of carbonyl (C=O) groups is 1. The Hall–Kier alpha value is -0.980. The van der Waals surface area contributed by atoms with Crippen molar-refractivity contribution in [3.63, 3.8) is 0 Å². The lowest BCUT2D eigenvalue weighted by molar-refractivity contribution is -0.136. The maximum atomic E-state index is 10.7. The molecule has 0 amide bonds. The molecule has 1 fully saturated rings. The zero-order valence-corrected chi connectivity index (χ0v) is 12.1. The van der Waals surface area contributed by atoms with Gasteiger partial charge in [-0.15, -0.1) is 11.3 Å². The normalized spacial score (nSPS) is 19.0. The Morgan fingerprint density at radius 1 is 1.58 bits per heavy atom. The molecular formula is C13H21N3O2S. The van der Waals surface area contributed by atoms with E-state index in [1.807, 2.05) is 5.38 Å². The van der Waals surface area contributed by atoms with Crippen LogP contribution in [0.3, 0.4) is 0 Å². The van der Waals surface area contributed by atoms with Crippen LogP contribution < -0.4 is 5.32 Å². The molecule has 0 saturated carbocycles. The summed E-state index contributed by atoms with van der Waals surface area (Å²) in [5.41, 5.74) is 0.678. The van der Waals surface area contributed by atoms with E-state index in [-0.39, 0.29) is 6.42 Å². The summed E-state index contributed by atoms with van der Waals surface area (Å²) >= 11 is 1.58. The van der Waals surface area contributed by atoms with Gasteiger partial charge in [0.2, 0.25) is 0 Å². The molecule has 1 aliphatic heterocycles. The third-order valence-corrected chi connectivity index (χ3v) is 4.41. The minimum Gasteiger partial charge on any atom is -0.481 e. The van der Waals surface area contributed by atoms with Crippen LogP contribution in [0.1, 0.15) is 30.0 Å². The molecule has 0 radical (unpaired) electrons. The van der Waals surface area contributed by atoms with E-state index in [1.54, 1.807) is 11.3 Å². The largest absolute Gasteiger partial charge is 0.481 e. The predicted molar refractivity (Wildman–Crippen MR) is 75.8 cm³/mol. The van der Waals surface area contributed by atoms with Crippen molar-refractivity contribution >= 4 is 17.3 Å². The van der Waals surface area contributed by atoms with Gasteiger partial charge in [-0.1, -0.05) is 6.92 Å². The van der Waals surface area contributed by atoms with Gasteiger partial charge in [-0.3, -0.25) is 4.79 Å². The van der Waals surface area contributed by atoms with Gasteiger partial charge in [0.05, 0.1) is 17.1 Å². The first-order valence-electron chi connectivity index (χ1n) is 6.74. The van der Waals surface area contributed by atoms with Crippen molar-refractivity contribution in [1.82, 2.24) is 15.2 Å². The van der Waals surface area contributed by atoms with Gasteiger partial charge in [0.1, 0.15) is 0 Å². The number of nitrogens with one attached hydrogen (secondary N) is 1. The summed E-state index contributed by atoms with van der Waals surface area (Å²) in [6, 6.07) is 0. The molecule has 1 aromatic rings. The lowest BCUT2D eigenvalue weighted by Gasteiger charge is -2.22. The molecule has 1 aliphatic rings. The summed E-state index contributed by atoms with van der Waals surface area (Å²) in [7, 11) is 0. The molecule has 0 aromatic carbocycles. The molecular weight excluding hydrogens is 262 g/mol. The highest BCUT2D eigenvalue weighted by Crippen LogP contribution is 2.21. The molecule has 0 aliphatic carbocycles. The monoisotopic (exact) mass is 283 g/mol. The molecule has 0 spiro atoms. The summed E-state index contributed by atoms with van der Waals surface area (Å²) in [6.07, 6.45) is 1.21. The third-order valence-electron chi connectivity index (χ3n) is 3.29. The maximum Gasteiger partial charge on any atom is 0.309 e. The maximum absolute atomic E-state index is 10.7. The smallest absolute Gasteiger partial charge is 0.309 e. The van der Waals surface area contributed by atoms with Gasteiger partial charge in [0.15, 0.2) is 0 Å². The van der Waals surface area contributed by atoms with Gasteiger partial charge in [-0.25, -0.2) is 4.98 Å². The number of aliphatic carboxylic acids is 1. The van der Waals surface area contributed by atoms with Crippen LogP contribution in [-0.4, -0.2) is 53.7 Å². The average molecular weight is 283 g/mol. The van der Waals surface area contributed by atoms with E-state index in [2.05, 4.69) is 22.1 Å². The van der Waals surface area contributed by atoms with E-state index >= 15 is 0 Å². The lowest BCUT2D eigenvalue weighted by Crippen LogP contribution is -2.31. The summed E-state index contributed by atoms with van der Waals surface area (Å²) < 4.78 is 0. The quantitative estimate of drug-likeness (QED) is 0.849.